The van der Waals surface area contributed by atoms with Crippen LogP contribution in [0.2, 0.25) is 0 Å². The van der Waals surface area contributed by atoms with E-state index in [2.05, 4.69) is 43.5 Å². The van der Waals surface area contributed by atoms with Crippen molar-refractivity contribution in [2.45, 2.75) is 57.5 Å². The number of rotatable bonds is 7. The van der Waals surface area contributed by atoms with E-state index >= 15 is 0 Å². The van der Waals surface area contributed by atoms with Gasteiger partial charge < -0.3 is 15.5 Å². The highest BCUT2D eigenvalue weighted by molar-refractivity contribution is 5.86. The van der Waals surface area contributed by atoms with Gasteiger partial charge >= 0.3 is 0 Å². The van der Waals surface area contributed by atoms with Crippen LogP contribution in [0.25, 0.3) is 0 Å². The summed E-state index contributed by atoms with van der Waals surface area (Å²) in [5, 5.41) is 6.59. The monoisotopic (exact) mass is 255 g/mol. The molecule has 0 bridgehead atoms. The van der Waals surface area contributed by atoms with Crippen molar-refractivity contribution in [3.63, 3.8) is 0 Å². The van der Waals surface area contributed by atoms with Crippen molar-refractivity contribution < 1.29 is 4.79 Å². The SMILES string of the molecule is CCCC1(C(=O)NC(C)CCN(C)C)CCCN1. The van der Waals surface area contributed by atoms with E-state index in [0.29, 0.717) is 0 Å². The molecule has 1 fully saturated rings. The molecule has 1 saturated heterocycles. The van der Waals surface area contributed by atoms with Gasteiger partial charge in [0.15, 0.2) is 0 Å². The predicted octanol–water partition coefficient (Wildman–Crippen LogP) is 1.37. The number of carbonyl (C=O) groups excluding carboxylic acids is 1. The number of hydrogen-bond acceptors (Lipinski definition) is 3. The average molecular weight is 255 g/mol. The summed E-state index contributed by atoms with van der Waals surface area (Å²) in [5.41, 5.74) is -0.291. The van der Waals surface area contributed by atoms with Crippen LogP contribution in [0.4, 0.5) is 0 Å². The highest BCUT2D eigenvalue weighted by Crippen LogP contribution is 2.25. The van der Waals surface area contributed by atoms with E-state index in [-0.39, 0.29) is 17.5 Å². The Morgan fingerprint density at radius 1 is 1.50 bits per heavy atom. The average Bonchev–Trinajstić information content (AvgIpc) is 2.77. The second-order valence-corrected chi connectivity index (χ2v) is 5.83. The molecule has 0 aliphatic carbocycles. The normalized spacial score (nSPS) is 25.4. The zero-order chi connectivity index (χ0) is 13.6. The maximum Gasteiger partial charge on any atom is 0.240 e. The smallest absolute Gasteiger partial charge is 0.240 e. The molecule has 1 heterocycles. The fourth-order valence-electron chi connectivity index (χ4n) is 2.64. The minimum atomic E-state index is -0.291. The number of nitrogens with one attached hydrogen (secondary N) is 2. The summed E-state index contributed by atoms with van der Waals surface area (Å²) < 4.78 is 0. The third kappa shape index (κ3) is 4.25. The summed E-state index contributed by atoms with van der Waals surface area (Å²) in [5.74, 6) is 0.202. The Labute approximate surface area is 111 Å². The lowest BCUT2D eigenvalue weighted by atomic mass is 9.90. The quantitative estimate of drug-likeness (QED) is 0.722. The zero-order valence-electron chi connectivity index (χ0n) is 12.4. The van der Waals surface area contributed by atoms with Gasteiger partial charge in [0.1, 0.15) is 0 Å². The van der Waals surface area contributed by atoms with Crippen molar-refractivity contribution in [2.24, 2.45) is 0 Å². The summed E-state index contributed by atoms with van der Waals surface area (Å²) >= 11 is 0. The summed E-state index contributed by atoms with van der Waals surface area (Å²) in [4.78, 5) is 14.6. The lowest BCUT2D eigenvalue weighted by Gasteiger charge is -2.30. The van der Waals surface area contributed by atoms with Gasteiger partial charge in [-0.2, -0.15) is 0 Å². The number of nitrogens with zero attached hydrogens (tertiary/aromatic N) is 1. The molecule has 0 radical (unpaired) electrons. The standard InChI is InChI=1S/C14H29N3O/c1-5-8-14(9-6-10-15-14)13(18)16-12(2)7-11-17(3)4/h12,15H,5-11H2,1-4H3,(H,16,18). The third-order valence-electron chi connectivity index (χ3n) is 3.74. The first kappa shape index (κ1) is 15.4. The van der Waals surface area contributed by atoms with Crippen LogP contribution in [-0.2, 0) is 4.79 Å². The lowest BCUT2D eigenvalue weighted by Crippen LogP contribution is -2.55. The van der Waals surface area contributed by atoms with Crippen molar-refractivity contribution in [2.75, 3.05) is 27.2 Å². The van der Waals surface area contributed by atoms with Crippen LogP contribution in [-0.4, -0.2) is 49.6 Å². The Balaban J connectivity index is 2.46. The van der Waals surface area contributed by atoms with E-state index in [1.807, 2.05) is 0 Å². The second kappa shape index (κ2) is 7.10. The van der Waals surface area contributed by atoms with Gasteiger partial charge in [0.2, 0.25) is 5.91 Å². The second-order valence-electron chi connectivity index (χ2n) is 5.83. The summed E-state index contributed by atoms with van der Waals surface area (Å²) in [6.07, 6.45) is 5.08. The molecule has 0 aromatic carbocycles. The van der Waals surface area contributed by atoms with E-state index in [9.17, 15) is 4.79 Å². The van der Waals surface area contributed by atoms with Gasteiger partial charge in [0, 0.05) is 6.04 Å². The molecule has 1 aliphatic rings. The van der Waals surface area contributed by atoms with Gasteiger partial charge in [-0.15, -0.1) is 0 Å². The summed E-state index contributed by atoms with van der Waals surface area (Å²) in [6.45, 7) is 6.22. The molecule has 106 valence electrons. The molecule has 1 rings (SSSR count). The highest BCUT2D eigenvalue weighted by Gasteiger charge is 2.40. The summed E-state index contributed by atoms with van der Waals surface area (Å²) in [6, 6.07) is 0.246. The predicted molar refractivity (Wildman–Crippen MR) is 75.7 cm³/mol. The highest BCUT2D eigenvalue weighted by atomic mass is 16.2. The lowest BCUT2D eigenvalue weighted by molar-refractivity contribution is -0.128. The molecule has 18 heavy (non-hydrogen) atoms. The van der Waals surface area contributed by atoms with Gasteiger partial charge in [0.05, 0.1) is 5.54 Å². The van der Waals surface area contributed by atoms with E-state index in [1.165, 1.54) is 0 Å². The fourth-order valence-corrected chi connectivity index (χ4v) is 2.64. The van der Waals surface area contributed by atoms with Crippen LogP contribution in [0, 0.1) is 0 Å². The Kier molecular flexibility index (Phi) is 6.09. The Morgan fingerprint density at radius 2 is 2.22 bits per heavy atom. The molecule has 1 aliphatic heterocycles. The number of carbonyl (C=O) groups is 1. The minimum Gasteiger partial charge on any atom is -0.352 e. The van der Waals surface area contributed by atoms with Crippen LogP contribution in [0.1, 0.15) is 46.0 Å². The zero-order valence-corrected chi connectivity index (χ0v) is 12.4. The first-order valence-electron chi connectivity index (χ1n) is 7.21. The van der Waals surface area contributed by atoms with Gasteiger partial charge in [-0.1, -0.05) is 13.3 Å². The summed E-state index contributed by atoms with van der Waals surface area (Å²) in [7, 11) is 4.12. The van der Waals surface area contributed by atoms with Crippen LogP contribution in [0.3, 0.4) is 0 Å². The van der Waals surface area contributed by atoms with Gasteiger partial charge in [-0.3, -0.25) is 4.79 Å². The van der Waals surface area contributed by atoms with Gasteiger partial charge in [0.25, 0.3) is 0 Å². The topological polar surface area (TPSA) is 44.4 Å². The first-order valence-corrected chi connectivity index (χ1v) is 7.21. The maximum atomic E-state index is 12.4. The molecule has 0 saturated carbocycles. The van der Waals surface area contributed by atoms with Gasteiger partial charge in [-0.25, -0.2) is 0 Å². The molecule has 0 aromatic rings. The molecule has 2 N–H and O–H groups in total. The van der Waals surface area contributed by atoms with E-state index in [0.717, 1.165) is 45.2 Å². The van der Waals surface area contributed by atoms with E-state index < -0.39 is 0 Å². The number of amides is 1. The van der Waals surface area contributed by atoms with Crippen molar-refractivity contribution >= 4 is 5.91 Å². The largest absolute Gasteiger partial charge is 0.352 e. The van der Waals surface area contributed by atoms with Crippen molar-refractivity contribution in [1.29, 1.82) is 0 Å². The minimum absolute atomic E-state index is 0.202. The van der Waals surface area contributed by atoms with Crippen LogP contribution in [0.15, 0.2) is 0 Å². The molecule has 2 atom stereocenters. The Bertz CT molecular complexity index is 260. The molecule has 0 aromatic heterocycles. The van der Waals surface area contributed by atoms with Crippen LogP contribution < -0.4 is 10.6 Å². The molecule has 4 nitrogen and oxygen atoms in total. The van der Waals surface area contributed by atoms with Crippen LogP contribution >= 0.6 is 0 Å². The fraction of sp³-hybridized carbons (Fsp3) is 0.929. The molecule has 4 heteroatoms. The van der Waals surface area contributed by atoms with Crippen molar-refractivity contribution in [3.05, 3.63) is 0 Å². The molecule has 2 unspecified atom stereocenters. The van der Waals surface area contributed by atoms with Gasteiger partial charge in [-0.05, 0) is 59.8 Å². The van der Waals surface area contributed by atoms with E-state index in [1.54, 1.807) is 0 Å². The molecular weight excluding hydrogens is 226 g/mol. The third-order valence-corrected chi connectivity index (χ3v) is 3.74. The first-order chi connectivity index (χ1) is 8.50. The van der Waals surface area contributed by atoms with Crippen molar-refractivity contribution in [1.82, 2.24) is 15.5 Å². The van der Waals surface area contributed by atoms with Crippen LogP contribution in [0.5, 0.6) is 0 Å². The van der Waals surface area contributed by atoms with E-state index in [4.69, 9.17) is 0 Å². The molecular formula is C14H29N3O. The number of hydrogen-bond donors (Lipinski definition) is 2. The molecule has 1 amide bonds. The van der Waals surface area contributed by atoms with Crippen molar-refractivity contribution in [3.8, 4) is 0 Å². The Hall–Kier alpha value is -0.610. The molecule has 0 spiro atoms. The Morgan fingerprint density at radius 3 is 2.72 bits per heavy atom. The maximum absolute atomic E-state index is 12.4.